The molecule has 0 aliphatic heterocycles. The lowest BCUT2D eigenvalue weighted by molar-refractivity contribution is 0.357. The Morgan fingerprint density at radius 2 is 2.00 bits per heavy atom. The lowest BCUT2D eigenvalue weighted by atomic mass is 9.84. The minimum atomic E-state index is 0.255. The summed E-state index contributed by atoms with van der Waals surface area (Å²) in [6, 6.07) is 0. The number of methoxy groups -OCH3 is 1. The summed E-state index contributed by atoms with van der Waals surface area (Å²) in [4.78, 5) is 9.34. The van der Waals surface area contributed by atoms with Crippen LogP contribution < -0.4 is 10.5 Å². The molecule has 1 aromatic heterocycles. The molecule has 1 saturated carbocycles. The van der Waals surface area contributed by atoms with E-state index in [2.05, 4.69) is 18.8 Å². The van der Waals surface area contributed by atoms with Crippen molar-refractivity contribution >= 4 is 0 Å². The normalized spacial score (nSPS) is 17.4. The first kappa shape index (κ1) is 14.3. The molecule has 0 radical (unpaired) electrons. The average molecular weight is 263 g/mol. The number of aryl methyl sites for hydroxylation is 1. The van der Waals surface area contributed by atoms with E-state index >= 15 is 0 Å². The summed E-state index contributed by atoms with van der Waals surface area (Å²) in [6.45, 7) is 7.00. The highest BCUT2D eigenvalue weighted by atomic mass is 16.5. The Labute approximate surface area is 115 Å². The van der Waals surface area contributed by atoms with Gasteiger partial charge in [0, 0.05) is 23.1 Å². The molecule has 0 aromatic carbocycles. The van der Waals surface area contributed by atoms with E-state index in [1.54, 1.807) is 7.11 Å². The molecule has 1 aliphatic carbocycles. The van der Waals surface area contributed by atoms with Gasteiger partial charge in [-0.1, -0.05) is 20.3 Å². The molecule has 106 valence electrons. The third kappa shape index (κ3) is 2.73. The standard InChI is InChI=1S/C15H25N3O/c1-9(2)12(8-16)13-10(3)17-14(11-6-5-7-11)18-15(13)19-4/h9,11-12H,5-8,16H2,1-4H3. The zero-order valence-corrected chi connectivity index (χ0v) is 12.4. The van der Waals surface area contributed by atoms with Gasteiger partial charge in [-0.15, -0.1) is 0 Å². The zero-order chi connectivity index (χ0) is 14.0. The monoisotopic (exact) mass is 263 g/mol. The van der Waals surface area contributed by atoms with E-state index in [9.17, 15) is 0 Å². The third-order valence-electron chi connectivity index (χ3n) is 4.21. The van der Waals surface area contributed by atoms with Gasteiger partial charge in [0.15, 0.2) is 0 Å². The van der Waals surface area contributed by atoms with Gasteiger partial charge in [-0.05, 0) is 32.2 Å². The van der Waals surface area contributed by atoms with Crippen LogP contribution in [0.1, 0.15) is 62.0 Å². The molecule has 1 heterocycles. The molecule has 19 heavy (non-hydrogen) atoms. The molecule has 0 bridgehead atoms. The van der Waals surface area contributed by atoms with Crippen molar-refractivity contribution in [3.05, 3.63) is 17.1 Å². The number of nitrogens with two attached hydrogens (primary N) is 1. The van der Waals surface area contributed by atoms with Crippen LogP contribution in [0.15, 0.2) is 0 Å². The maximum absolute atomic E-state index is 5.92. The molecular weight excluding hydrogens is 238 g/mol. The molecular formula is C15H25N3O. The van der Waals surface area contributed by atoms with Gasteiger partial charge < -0.3 is 10.5 Å². The maximum atomic E-state index is 5.92. The summed E-state index contributed by atoms with van der Waals surface area (Å²) in [5.41, 5.74) is 8.03. The quantitative estimate of drug-likeness (QED) is 0.887. The zero-order valence-electron chi connectivity index (χ0n) is 12.4. The molecule has 1 aliphatic rings. The van der Waals surface area contributed by atoms with E-state index in [1.165, 1.54) is 19.3 Å². The number of ether oxygens (including phenoxy) is 1. The van der Waals surface area contributed by atoms with Crippen molar-refractivity contribution in [2.75, 3.05) is 13.7 Å². The summed E-state index contributed by atoms with van der Waals surface area (Å²) in [5.74, 6) is 2.90. The van der Waals surface area contributed by atoms with E-state index in [0.29, 0.717) is 18.4 Å². The predicted molar refractivity (Wildman–Crippen MR) is 76.5 cm³/mol. The van der Waals surface area contributed by atoms with Gasteiger partial charge in [-0.25, -0.2) is 4.98 Å². The summed E-state index contributed by atoms with van der Waals surface area (Å²) in [7, 11) is 1.68. The fraction of sp³-hybridized carbons (Fsp3) is 0.733. The Kier molecular flexibility index (Phi) is 4.40. The SMILES string of the molecule is COc1nc(C2CCC2)nc(C)c1C(CN)C(C)C. The van der Waals surface area contributed by atoms with E-state index in [1.807, 2.05) is 6.92 Å². The van der Waals surface area contributed by atoms with Crippen molar-refractivity contribution in [1.82, 2.24) is 9.97 Å². The molecule has 1 atom stereocenters. The summed E-state index contributed by atoms with van der Waals surface area (Å²) < 4.78 is 5.51. The Morgan fingerprint density at radius 1 is 1.32 bits per heavy atom. The van der Waals surface area contributed by atoms with Gasteiger partial charge in [0.25, 0.3) is 0 Å². The summed E-state index contributed by atoms with van der Waals surface area (Å²) in [6.07, 6.45) is 3.69. The maximum Gasteiger partial charge on any atom is 0.220 e. The van der Waals surface area contributed by atoms with Gasteiger partial charge in [-0.2, -0.15) is 4.98 Å². The van der Waals surface area contributed by atoms with Gasteiger partial charge in [-0.3, -0.25) is 0 Å². The molecule has 4 nitrogen and oxygen atoms in total. The minimum Gasteiger partial charge on any atom is -0.481 e. The van der Waals surface area contributed by atoms with Crippen LogP contribution >= 0.6 is 0 Å². The molecule has 2 rings (SSSR count). The third-order valence-corrected chi connectivity index (χ3v) is 4.21. The van der Waals surface area contributed by atoms with Crippen molar-refractivity contribution < 1.29 is 4.74 Å². The van der Waals surface area contributed by atoms with Crippen molar-refractivity contribution in [3.8, 4) is 5.88 Å². The van der Waals surface area contributed by atoms with Crippen molar-refractivity contribution in [3.63, 3.8) is 0 Å². The van der Waals surface area contributed by atoms with Crippen LogP contribution in [-0.2, 0) is 0 Å². The fourth-order valence-corrected chi connectivity index (χ4v) is 2.73. The topological polar surface area (TPSA) is 61.0 Å². The van der Waals surface area contributed by atoms with Crippen molar-refractivity contribution in [1.29, 1.82) is 0 Å². The van der Waals surface area contributed by atoms with Crippen LogP contribution in [0.2, 0.25) is 0 Å². The number of aromatic nitrogens is 2. The van der Waals surface area contributed by atoms with E-state index in [-0.39, 0.29) is 5.92 Å². The number of hydrogen-bond acceptors (Lipinski definition) is 4. The van der Waals surface area contributed by atoms with Gasteiger partial charge in [0.05, 0.1) is 7.11 Å². The highest BCUT2D eigenvalue weighted by Crippen LogP contribution is 2.38. The Balaban J connectivity index is 2.42. The molecule has 0 spiro atoms. The number of rotatable bonds is 5. The average Bonchev–Trinajstić information content (AvgIpc) is 2.29. The van der Waals surface area contributed by atoms with Gasteiger partial charge in [0.1, 0.15) is 5.82 Å². The Hall–Kier alpha value is -1.16. The minimum absolute atomic E-state index is 0.255. The highest BCUT2D eigenvalue weighted by Gasteiger charge is 2.27. The largest absolute Gasteiger partial charge is 0.481 e. The first-order valence-corrected chi connectivity index (χ1v) is 7.21. The smallest absolute Gasteiger partial charge is 0.220 e. The second-order valence-corrected chi connectivity index (χ2v) is 5.80. The predicted octanol–water partition coefficient (Wildman–Crippen LogP) is 2.76. The van der Waals surface area contributed by atoms with E-state index in [0.717, 1.165) is 23.0 Å². The molecule has 1 fully saturated rings. The second-order valence-electron chi connectivity index (χ2n) is 5.80. The van der Waals surface area contributed by atoms with Crippen LogP contribution in [0.5, 0.6) is 5.88 Å². The van der Waals surface area contributed by atoms with Crippen molar-refractivity contribution in [2.24, 2.45) is 11.7 Å². The molecule has 1 unspecified atom stereocenters. The Bertz CT molecular complexity index is 441. The molecule has 0 amide bonds. The first-order chi connectivity index (χ1) is 9.08. The molecule has 0 saturated heterocycles. The fourth-order valence-electron chi connectivity index (χ4n) is 2.73. The summed E-state index contributed by atoms with van der Waals surface area (Å²) >= 11 is 0. The van der Waals surface area contributed by atoms with Crippen molar-refractivity contribution in [2.45, 2.75) is 51.9 Å². The second kappa shape index (κ2) is 5.87. The van der Waals surface area contributed by atoms with Crippen LogP contribution in [0.4, 0.5) is 0 Å². The summed E-state index contributed by atoms with van der Waals surface area (Å²) in [5, 5.41) is 0. The van der Waals surface area contributed by atoms with Crippen LogP contribution in [0.25, 0.3) is 0 Å². The lowest BCUT2D eigenvalue weighted by Gasteiger charge is -2.27. The molecule has 4 heteroatoms. The van der Waals surface area contributed by atoms with Crippen LogP contribution in [0, 0.1) is 12.8 Å². The van der Waals surface area contributed by atoms with Crippen LogP contribution in [-0.4, -0.2) is 23.6 Å². The number of hydrogen-bond donors (Lipinski definition) is 1. The van der Waals surface area contributed by atoms with E-state index < -0.39 is 0 Å². The molecule has 2 N–H and O–H groups in total. The number of nitrogens with zero attached hydrogens (tertiary/aromatic N) is 2. The van der Waals surface area contributed by atoms with Crippen LogP contribution in [0.3, 0.4) is 0 Å². The van der Waals surface area contributed by atoms with Gasteiger partial charge in [0.2, 0.25) is 5.88 Å². The molecule has 1 aromatic rings. The lowest BCUT2D eigenvalue weighted by Crippen LogP contribution is -2.22. The highest BCUT2D eigenvalue weighted by molar-refractivity contribution is 5.35. The van der Waals surface area contributed by atoms with Gasteiger partial charge >= 0.3 is 0 Å². The Morgan fingerprint density at radius 3 is 2.42 bits per heavy atom. The first-order valence-electron chi connectivity index (χ1n) is 7.21. The van der Waals surface area contributed by atoms with E-state index in [4.69, 9.17) is 15.5 Å².